The van der Waals surface area contributed by atoms with Gasteiger partial charge in [-0.05, 0) is 12.8 Å². The zero-order valence-corrected chi connectivity index (χ0v) is 17.0. The molecule has 0 spiro atoms. The first-order chi connectivity index (χ1) is 14.3. The summed E-state index contributed by atoms with van der Waals surface area (Å²) in [6.45, 7) is -0.264. The van der Waals surface area contributed by atoms with E-state index in [4.69, 9.17) is 29.4 Å². The van der Waals surface area contributed by atoms with Gasteiger partial charge in [0.15, 0.2) is 6.29 Å². The molecule has 2 rings (SSSR count). The van der Waals surface area contributed by atoms with Gasteiger partial charge in [-0.3, -0.25) is 9.59 Å². The number of carbonyl (C=O) groups excluding carboxylic acids is 2. The molecule has 1 aliphatic carbocycles. The average Bonchev–Trinajstić information content (AvgIpc) is 2.76. The molecule has 1 heterocycles. The lowest BCUT2D eigenvalue weighted by molar-refractivity contribution is -0.322. The van der Waals surface area contributed by atoms with E-state index in [1.807, 2.05) is 0 Å². The fourth-order valence-corrected chi connectivity index (χ4v) is 3.85. The van der Waals surface area contributed by atoms with Crippen molar-refractivity contribution in [3.63, 3.8) is 0 Å². The van der Waals surface area contributed by atoms with Crippen molar-refractivity contribution in [2.24, 2.45) is 17.6 Å². The second-order valence-corrected chi connectivity index (χ2v) is 7.30. The van der Waals surface area contributed by atoms with Crippen LogP contribution in [-0.2, 0) is 33.3 Å². The second-order valence-electron chi connectivity index (χ2n) is 7.30. The minimum atomic E-state index is -1.62. The molecule has 6 N–H and O–H groups in total. The van der Waals surface area contributed by atoms with E-state index in [1.54, 1.807) is 0 Å². The van der Waals surface area contributed by atoms with Gasteiger partial charge >= 0.3 is 11.9 Å². The SMILES string of the molecule is COC(=O)[C@H]1C[C@H](OCCN)[C@@H](O[C@H]2O[C@H](CO)[C@@H](O)[C@H](O)[C@@H]2O)C[C@@H]1C(=O)OC. The molecule has 2 aliphatic rings. The van der Waals surface area contributed by atoms with Gasteiger partial charge in [0.05, 0.1) is 51.5 Å². The highest BCUT2D eigenvalue weighted by molar-refractivity contribution is 5.82. The molecule has 1 aliphatic heterocycles. The maximum absolute atomic E-state index is 12.3. The van der Waals surface area contributed by atoms with E-state index in [0.29, 0.717) is 0 Å². The molecule has 30 heavy (non-hydrogen) atoms. The van der Waals surface area contributed by atoms with Crippen molar-refractivity contribution in [2.75, 3.05) is 34.0 Å². The fraction of sp³-hybridized carbons (Fsp3) is 0.889. The van der Waals surface area contributed by atoms with Crippen LogP contribution in [0.1, 0.15) is 12.8 Å². The highest BCUT2D eigenvalue weighted by atomic mass is 16.7. The first kappa shape index (κ1) is 24.9. The van der Waals surface area contributed by atoms with Crippen LogP contribution >= 0.6 is 0 Å². The van der Waals surface area contributed by atoms with Gasteiger partial charge in [-0.25, -0.2) is 0 Å². The fourth-order valence-electron chi connectivity index (χ4n) is 3.85. The predicted molar refractivity (Wildman–Crippen MR) is 97.7 cm³/mol. The summed E-state index contributed by atoms with van der Waals surface area (Å²) in [4.78, 5) is 24.5. The van der Waals surface area contributed by atoms with Gasteiger partial charge in [0.2, 0.25) is 0 Å². The Labute approximate surface area is 173 Å². The Morgan fingerprint density at radius 2 is 1.53 bits per heavy atom. The quantitative estimate of drug-likeness (QED) is 0.241. The molecule has 0 aromatic carbocycles. The smallest absolute Gasteiger partial charge is 0.309 e. The van der Waals surface area contributed by atoms with Crippen molar-refractivity contribution in [1.82, 2.24) is 0 Å². The van der Waals surface area contributed by atoms with Gasteiger partial charge in [-0.15, -0.1) is 0 Å². The molecule has 1 saturated heterocycles. The van der Waals surface area contributed by atoms with Crippen LogP contribution in [0.5, 0.6) is 0 Å². The summed E-state index contributed by atoms with van der Waals surface area (Å²) in [5.41, 5.74) is 5.50. The standard InChI is InChI=1S/C18H31NO11/c1-26-16(24)8-5-10(28-4-3-19)11(6-9(8)17(25)27-2)29-18-15(23)14(22)13(21)12(7-20)30-18/h8-15,18,20-23H,3-7,19H2,1-2H3/t8-,9-,10-,11-,12+,13+,14-,15-,18-/m0/s1. The summed E-state index contributed by atoms with van der Waals surface area (Å²) < 4.78 is 26.5. The van der Waals surface area contributed by atoms with Crippen molar-refractivity contribution in [3.05, 3.63) is 0 Å². The number of hydrogen-bond acceptors (Lipinski definition) is 12. The van der Waals surface area contributed by atoms with Crippen molar-refractivity contribution in [3.8, 4) is 0 Å². The van der Waals surface area contributed by atoms with E-state index >= 15 is 0 Å². The molecule has 1 saturated carbocycles. The molecule has 9 atom stereocenters. The largest absolute Gasteiger partial charge is 0.469 e. The average molecular weight is 437 g/mol. The van der Waals surface area contributed by atoms with E-state index in [0.717, 1.165) is 0 Å². The second kappa shape index (κ2) is 11.3. The van der Waals surface area contributed by atoms with Crippen LogP contribution in [0.15, 0.2) is 0 Å². The Bertz CT molecular complexity index is 574. The van der Waals surface area contributed by atoms with E-state index < -0.39 is 73.3 Å². The Morgan fingerprint density at radius 1 is 0.967 bits per heavy atom. The number of ether oxygens (including phenoxy) is 5. The lowest BCUT2D eigenvalue weighted by Gasteiger charge is -2.44. The number of rotatable bonds is 8. The van der Waals surface area contributed by atoms with Crippen LogP contribution in [0.3, 0.4) is 0 Å². The molecule has 0 aromatic rings. The molecule has 0 amide bonds. The van der Waals surface area contributed by atoms with Crippen molar-refractivity contribution >= 4 is 11.9 Å². The molecule has 12 nitrogen and oxygen atoms in total. The number of esters is 2. The van der Waals surface area contributed by atoms with E-state index in [2.05, 4.69) is 0 Å². The molecule has 0 aromatic heterocycles. The zero-order chi connectivity index (χ0) is 22.4. The summed E-state index contributed by atoms with van der Waals surface area (Å²) in [5.74, 6) is -2.96. The molecular weight excluding hydrogens is 406 g/mol. The maximum atomic E-state index is 12.3. The van der Waals surface area contributed by atoms with Crippen LogP contribution in [0, 0.1) is 11.8 Å². The van der Waals surface area contributed by atoms with Crippen LogP contribution in [0.2, 0.25) is 0 Å². The lowest BCUT2D eigenvalue weighted by atomic mass is 9.76. The lowest BCUT2D eigenvalue weighted by Crippen LogP contribution is -2.61. The number of aliphatic hydroxyl groups is 4. The number of hydrogen-bond donors (Lipinski definition) is 5. The third-order valence-corrected chi connectivity index (χ3v) is 5.49. The van der Waals surface area contributed by atoms with Crippen molar-refractivity contribution in [2.45, 2.75) is 55.8 Å². The molecule has 2 fully saturated rings. The van der Waals surface area contributed by atoms with Gasteiger partial charge < -0.3 is 49.8 Å². The number of aliphatic hydroxyl groups excluding tert-OH is 4. The van der Waals surface area contributed by atoms with Gasteiger partial charge in [0.25, 0.3) is 0 Å². The minimum Gasteiger partial charge on any atom is -0.469 e. The Morgan fingerprint density at radius 3 is 2.03 bits per heavy atom. The van der Waals surface area contributed by atoms with Gasteiger partial charge in [0, 0.05) is 6.54 Å². The normalized spacial score (nSPS) is 39.4. The molecule has 0 bridgehead atoms. The molecule has 0 unspecified atom stereocenters. The summed E-state index contributed by atoms with van der Waals surface area (Å²) >= 11 is 0. The van der Waals surface area contributed by atoms with Crippen LogP contribution < -0.4 is 5.73 Å². The minimum absolute atomic E-state index is 0.0172. The van der Waals surface area contributed by atoms with Gasteiger partial charge in [-0.1, -0.05) is 0 Å². The van der Waals surface area contributed by atoms with Gasteiger partial charge in [0.1, 0.15) is 24.4 Å². The third kappa shape index (κ3) is 5.45. The molecule has 12 heteroatoms. The first-order valence-electron chi connectivity index (χ1n) is 9.72. The third-order valence-electron chi connectivity index (χ3n) is 5.49. The maximum Gasteiger partial charge on any atom is 0.309 e. The summed E-state index contributed by atoms with van der Waals surface area (Å²) in [6.07, 6.45) is -8.84. The molecule has 174 valence electrons. The molecule has 0 radical (unpaired) electrons. The summed E-state index contributed by atoms with van der Waals surface area (Å²) in [6, 6.07) is 0. The highest BCUT2D eigenvalue weighted by Gasteiger charge is 2.50. The van der Waals surface area contributed by atoms with Crippen molar-refractivity contribution < 1.29 is 53.7 Å². The Kier molecular flexibility index (Phi) is 9.37. The number of nitrogens with two attached hydrogens (primary N) is 1. The van der Waals surface area contributed by atoms with Gasteiger partial charge in [-0.2, -0.15) is 0 Å². The monoisotopic (exact) mass is 437 g/mol. The zero-order valence-electron chi connectivity index (χ0n) is 17.0. The van der Waals surface area contributed by atoms with Crippen molar-refractivity contribution in [1.29, 1.82) is 0 Å². The Balaban J connectivity index is 2.23. The number of methoxy groups -OCH3 is 2. The Hall–Kier alpha value is -1.38. The van der Waals surface area contributed by atoms with E-state index in [1.165, 1.54) is 14.2 Å². The first-order valence-corrected chi connectivity index (χ1v) is 9.72. The summed E-state index contributed by atoms with van der Waals surface area (Å²) in [5, 5.41) is 39.5. The van der Waals surface area contributed by atoms with Crippen LogP contribution in [0.25, 0.3) is 0 Å². The van der Waals surface area contributed by atoms with E-state index in [-0.39, 0.29) is 26.0 Å². The van der Waals surface area contributed by atoms with Crippen LogP contribution in [0.4, 0.5) is 0 Å². The van der Waals surface area contributed by atoms with Crippen LogP contribution in [-0.4, -0.2) is 109 Å². The summed E-state index contributed by atoms with van der Waals surface area (Å²) in [7, 11) is 2.41. The molecular formula is C18H31NO11. The topological polar surface area (TPSA) is 187 Å². The predicted octanol–water partition coefficient (Wildman–Crippen LogP) is -3.11. The van der Waals surface area contributed by atoms with E-state index in [9.17, 15) is 30.0 Å². The number of carbonyl (C=O) groups is 2. The highest BCUT2D eigenvalue weighted by Crippen LogP contribution is 2.37.